The van der Waals surface area contributed by atoms with E-state index in [1.54, 1.807) is 0 Å². The number of carboxylic acid groups (broad SMARTS) is 1. The molecule has 0 spiro atoms. The Morgan fingerprint density at radius 2 is 1.81 bits per heavy atom. The Morgan fingerprint density at radius 1 is 1.19 bits per heavy atom. The van der Waals surface area contributed by atoms with Gasteiger partial charge >= 0.3 is 5.97 Å². The van der Waals surface area contributed by atoms with Crippen molar-refractivity contribution in [1.82, 2.24) is 9.88 Å². The lowest BCUT2D eigenvalue weighted by atomic mass is 9.93. The number of aromatic nitrogens is 1. The minimum absolute atomic E-state index is 0.0514. The number of likely N-dealkylation sites (tertiary alicyclic amines) is 1. The topological polar surface area (TPSA) is 71.9 Å². The van der Waals surface area contributed by atoms with Gasteiger partial charge in [-0.3, -0.25) is 14.6 Å². The number of aryl methyl sites for hydroxylation is 1. The van der Waals surface area contributed by atoms with Crippen LogP contribution in [0.5, 0.6) is 0 Å². The standard InChI is InChI=1S/C24H30Br2N4O2/c1-13(2)17-11-19(25)22(20(26)12-17)30-15(4)28-23(18-9-14(3)27-24(18)30)29-7-5-16(6-8-29)10-21(31)32/h9,11-13,16,23,27H,5-8,10H2,1-4H3,(H,31,32). The fourth-order valence-corrected chi connectivity index (χ4v) is 6.35. The van der Waals surface area contributed by atoms with Gasteiger partial charge < -0.3 is 10.1 Å². The number of aliphatic imine (C=N–C) groups is 1. The number of aliphatic carboxylic acids is 1. The predicted molar refractivity (Wildman–Crippen MR) is 136 cm³/mol. The van der Waals surface area contributed by atoms with Crippen LogP contribution < -0.4 is 4.90 Å². The maximum atomic E-state index is 11.1. The van der Waals surface area contributed by atoms with Crippen LogP contribution in [0.2, 0.25) is 0 Å². The number of hydrogen-bond donors (Lipinski definition) is 2. The third-order valence-electron chi connectivity index (χ3n) is 6.48. The molecule has 0 saturated carbocycles. The number of halogens is 2. The minimum Gasteiger partial charge on any atom is -0.481 e. The van der Waals surface area contributed by atoms with Gasteiger partial charge in [0.05, 0.1) is 5.69 Å². The lowest BCUT2D eigenvalue weighted by Crippen LogP contribution is -2.40. The number of carbonyl (C=O) groups is 1. The monoisotopic (exact) mass is 564 g/mol. The summed E-state index contributed by atoms with van der Waals surface area (Å²) >= 11 is 7.61. The van der Waals surface area contributed by atoms with E-state index in [1.807, 2.05) is 0 Å². The minimum atomic E-state index is -0.700. The van der Waals surface area contributed by atoms with E-state index in [9.17, 15) is 4.79 Å². The second-order valence-corrected chi connectivity index (χ2v) is 10.9. The molecule has 4 rings (SSSR count). The number of rotatable bonds is 5. The summed E-state index contributed by atoms with van der Waals surface area (Å²) in [6.45, 7) is 10.2. The van der Waals surface area contributed by atoms with E-state index in [0.717, 1.165) is 63.5 Å². The first-order valence-corrected chi connectivity index (χ1v) is 12.7. The molecule has 0 amide bonds. The highest BCUT2D eigenvalue weighted by Crippen LogP contribution is 2.46. The Bertz CT molecular complexity index is 1030. The van der Waals surface area contributed by atoms with Crippen molar-refractivity contribution in [2.45, 2.75) is 59.0 Å². The number of aromatic amines is 1. The van der Waals surface area contributed by atoms with Crippen LogP contribution in [0.15, 0.2) is 32.1 Å². The molecule has 2 aliphatic heterocycles. The largest absolute Gasteiger partial charge is 0.481 e. The Balaban J connectivity index is 1.68. The van der Waals surface area contributed by atoms with Crippen LogP contribution >= 0.6 is 31.9 Å². The van der Waals surface area contributed by atoms with E-state index in [2.05, 4.69) is 92.5 Å². The zero-order chi connectivity index (χ0) is 23.2. The molecular weight excluding hydrogens is 536 g/mol. The first-order chi connectivity index (χ1) is 15.2. The quantitative estimate of drug-likeness (QED) is 0.422. The van der Waals surface area contributed by atoms with Gasteiger partial charge in [0, 0.05) is 39.7 Å². The molecule has 172 valence electrons. The number of carboxylic acids is 1. The molecule has 1 fully saturated rings. The normalized spacial score (nSPS) is 19.9. The van der Waals surface area contributed by atoms with Gasteiger partial charge in [0.1, 0.15) is 17.8 Å². The maximum absolute atomic E-state index is 11.1. The summed E-state index contributed by atoms with van der Waals surface area (Å²) in [6.07, 6.45) is 2.00. The van der Waals surface area contributed by atoms with Crippen LogP contribution in [0.4, 0.5) is 11.5 Å². The molecule has 1 aromatic heterocycles. The summed E-state index contributed by atoms with van der Waals surface area (Å²) in [5.74, 6) is 1.97. The number of H-pyrrole nitrogens is 1. The second kappa shape index (κ2) is 9.31. The number of hydrogen-bond acceptors (Lipinski definition) is 4. The van der Waals surface area contributed by atoms with E-state index < -0.39 is 5.97 Å². The summed E-state index contributed by atoms with van der Waals surface area (Å²) in [7, 11) is 0. The van der Waals surface area contributed by atoms with Gasteiger partial charge in [-0.1, -0.05) is 13.8 Å². The van der Waals surface area contributed by atoms with Gasteiger partial charge in [0.15, 0.2) is 0 Å². The number of piperidine rings is 1. The fourth-order valence-electron chi connectivity index (χ4n) is 4.78. The zero-order valence-electron chi connectivity index (χ0n) is 19.0. The number of anilines is 2. The molecule has 2 aliphatic rings. The molecule has 2 N–H and O–H groups in total. The summed E-state index contributed by atoms with van der Waals surface area (Å²) in [4.78, 5) is 24.4. The summed E-state index contributed by atoms with van der Waals surface area (Å²) in [5, 5.41) is 9.12. The molecule has 0 aliphatic carbocycles. The molecular formula is C24H30Br2N4O2. The smallest absolute Gasteiger partial charge is 0.303 e. The molecule has 1 unspecified atom stereocenters. The van der Waals surface area contributed by atoms with Crippen molar-refractivity contribution in [3.05, 3.63) is 44.0 Å². The molecule has 2 aromatic rings. The van der Waals surface area contributed by atoms with E-state index in [0.29, 0.717) is 5.92 Å². The highest BCUT2D eigenvalue weighted by atomic mass is 79.9. The summed E-state index contributed by atoms with van der Waals surface area (Å²) in [6, 6.07) is 6.57. The molecule has 32 heavy (non-hydrogen) atoms. The maximum Gasteiger partial charge on any atom is 0.303 e. The van der Waals surface area contributed by atoms with Gasteiger partial charge in [-0.05, 0) is 94.1 Å². The van der Waals surface area contributed by atoms with Crippen LogP contribution in [0.1, 0.15) is 68.9 Å². The zero-order valence-corrected chi connectivity index (χ0v) is 22.1. The van der Waals surface area contributed by atoms with E-state index >= 15 is 0 Å². The van der Waals surface area contributed by atoms with Crippen molar-refractivity contribution in [1.29, 1.82) is 0 Å². The van der Waals surface area contributed by atoms with Crippen molar-refractivity contribution >= 4 is 55.2 Å². The number of amidine groups is 1. The second-order valence-electron chi connectivity index (χ2n) is 9.21. The van der Waals surface area contributed by atoms with E-state index in [-0.39, 0.29) is 18.5 Å². The van der Waals surface area contributed by atoms with Crippen LogP contribution in [-0.4, -0.2) is 39.9 Å². The van der Waals surface area contributed by atoms with Crippen molar-refractivity contribution in [2.24, 2.45) is 10.9 Å². The lowest BCUT2D eigenvalue weighted by molar-refractivity contribution is -0.138. The number of fused-ring (bicyclic) bond motifs is 1. The van der Waals surface area contributed by atoms with Crippen LogP contribution in [-0.2, 0) is 4.79 Å². The van der Waals surface area contributed by atoms with Gasteiger partial charge in [-0.25, -0.2) is 4.99 Å². The average molecular weight is 566 g/mol. The van der Waals surface area contributed by atoms with Crippen molar-refractivity contribution in [2.75, 3.05) is 18.0 Å². The number of nitrogens with zero attached hydrogens (tertiary/aromatic N) is 3. The fraction of sp³-hybridized carbons (Fsp3) is 0.500. The van der Waals surface area contributed by atoms with Crippen LogP contribution in [0.25, 0.3) is 0 Å². The molecule has 8 heteroatoms. The Labute approximate surface area is 206 Å². The Hall–Kier alpha value is -1.64. The van der Waals surface area contributed by atoms with Crippen molar-refractivity contribution in [3.63, 3.8) is 0 Å². The van der Waals surface area contributed by atoms with Crippen molar-refractivity contribution in [3.8, 4) is 0 Å². The highest BCUT2D eigenvalue weighted by Gasteiger charge is 2.35. The van der Waals surface area contributed by atoms with E-state index in [1.165, 1.54) is 5.56 Å². The van der Waals surface area contributed by atoms with Crippen LogP contribution in [0.3, 0.4) is 0 Å². The molecule has 3 heterocycles. The van der Waals surface area contributed by atoms with Crippen LogP contribution in [0, 0.1) is 12.8 Å². The first-order valence-electron chi connectivity index (χ1n) is 11.1. The number of benzene rings is 1. The van der Waals surface area contributed by atoms with E-state index in [4.69, 9.17) is 10.1 Å². The summed E-state index contributed by atoms with van der Waals surface area (Å²) < 4.78 is 2.05. The van der Waals surface area contributed by atoms with Gasteiger partial charge in [-0.15, -0.1) is 0 Å². The van der Waals surface area contributed by atoms with Gasteiger partial charge in [0.25, 0.3) is 0 Å². The molecule has 1 aromatic carbocycles. The average Bonchev–Trinajstić information content (AvgIpc) is 3.10. The highest BCUT2D eigenvalue weighted by molar-refractivity contribution is 9.11. The SMILES string of the molecule is CC1=NC(N2CCC(CC(=O)O)CC2)c2cc(C)[nH]c2N1c1c(Br)cc(C(C)C)cc1Br. The van der Waals surface area contributed by atoms with Gasteiger partial charge in [0.2, 0.25) is 0 Å². The van der Waals surface area contributed by atoms with Crippen molar-refractivity contribution < 1.29 is 9.90 Å². The predicted octanol–water partition coefficient (Wildman–Crippen LogP) is 6.73. The molecule has 1 saturated heterocycles. The summed E-state index contributed by atoms with van der Waals surface area (Å²) in [5.41, 5.74) is 4.57. The van der Waals surface area contributed by atoms with Gasteiger partial charge in [-0.2, -0.15) is 0 Å². The molecule has 0 radical (unpaired) electrons. The molecule has 0 bridgehead atoms. The third-order valence-corrected chi connectivity index (χ3v) is 7.69. The molecule has 6 nitrogen and oxygen atoms in total. The Morgan fingerprint density at radius 3 is 2.38 bits per heavy atom. The lowest BCUT2D eigenvalue weighted by Gasteiger charge is -2.40. The Kier molecular flexibility index (Phi) is 6.84. The molecule has 1 atom stereocenters. The third kappa shape index (κ3) is 4.54. The first kappa shape index (κ1) is 23.5. The number of nitrogens with one attached hydrogen (secondary N) is 1.